The third kappa shape index (κ3) is 10.5. The van der Waals surface area contributed by atoms with Crippen molar-refractivity contribution in [2.24, 2.45) is 11.7 Å². The Bertz CT molecular complexity index is 1390. The van der Waals surface area contributed by atoms with Crippen LogP contribution in [0.15, 0.2) is 97.1 Å². The fourth-order valence-corrected chi connectivity index (χ4v) is 5.22. The van der Waals surface area contributed by atoms with Crippen LogP contribution in [0.25, 0.3) is 6.08 Å². The normalized spacial score (nSPS) is 15.1. The number of rotatable bonds is 14. The molecule has 3 aromatic carbocycles. The molecule has 3 aromatic rings. The predicted molar refractivity (Wildman–Crippen MR) is 177 cm³/mol. The van der Waals surface area contributed by atoms with Crippen LogP contribution in [0.3, 0.4) is 0 Å². The summed E-state index contributed by atoms with van der Waals surface area (Å²) >= 11 is 0. The molecule has 0 unspecified atom stereocenters. The third-order valence-electron chi connectivity index (χ3n) is 7.43. The third-order valence-corrected chi connectivity index (χ3v) is 7.43. The van der Waals surface area contributed by atoms with Gasteiger partial charge in [0.2, 0.25) is 0 Å². The summed E-state index contributed by atoms with van der Waals surface area (Å²) in [6.07, 6.45) is 2.44. The number of amides is 3. The van der Waals surface area contributed by atoms with Crippen molar-refractivity contribution < 1.29 is 29.3 Å². The Balaban J connectivity index is 1.98. The summed E-state index contributed by atoms with van der Waals surface area (Å²) in [4.78, 5) is 41.3. The van der Waals surface area contributed by atoms with Crippen LogP contribution in [0.5, 0.6) is 0 Å². The lowest BCUT2D eigenvalue weighted by Crippen LogP contribution is -2.64. The first-order chi connectivity index (χ1) is 21.5. The van der Waals surface area contributed by atoms with Gasteiger partial charge in [-0.25, -0.2) is 14.4 Å². The zero-order chi connectivity index (χ0) is 32.9. The van der Waals surface area contributed by atoms with Crippen LogP contribution >= 0.6 is 0 Å². The molecule has 3 rings (SSSR count). The van der Waals surface area contributed by atoms with E-state index in [0.717, 1.165) is 11.1 Å². The van der Waals surface area contributed by atoms with Gasteiger partial charge in [0.15, 0.2) is 0 Å². The molecule has 0 aromatic heterocycles. The topological polar surface area (TPSA) is 139 Å². The maximum atomic E-state index is 14.7. The van der Waals surface area contributed by atoms with Gasteiger partial charge in [0, 0.05) is 18.2 Å². The number of aliphatic hydroxyl groups excluding tert-OH is 2. The van der Waals surface area contributed by atoms with Crippen LogP contribution in [0.4, 0.5) is 10.5 Å². The van der Waals surface area contributed by atoms with E-state index in [0.29, 0.717) is 12.1 Å². The van der Waals surface area contributed by atoms with Gasteiger partial charge in [-0.15, -0.1) is 0 Å². The van der Waals surface area contributed by atoms with E-state index in [9.17, 15) is 24.6 Å². The van der Waals surface area contributed by atoms with Crippen molar-refractivity contribution in [3.63, 3.8) is 0 Å². The first kappa shape index (κ1) is 35.3. The number of hydrogen-bond donors (Lipinski definition) is 4. The van der Waals surface area contributed by atoms with E-state index in [1.807, 2.05) is 72.8 Å². The van der Waals surface area contributed by atoms with E-state index in [1.54, 1.807) is 51.1 Å². The quantitative estimate of drug-likeness (QED) is 0.194. The van der Waals surface area contributed by atoms with Crippen LogP contribution in [0.2, 0.25) is 0 Å². The fourth-order valence-electron chi connectivity index (χ4n) is 5.22. The number of nitrogens with two attached hydrogens (primary N) is 1. The second kappa shape index (κ2) is 16.8. The second-order valence-electron chi connectivity index (χ2n) is 12.1. The number of carbonyl (C=O) groups is 3. The fraction of sp³-hybridized carbons (Fsp3) is 0.361. The smallest absolute Gasteiger partial charge is 0.408 e. The number of ether oxygens (including phenoxy) is 1. The van der Waals surface area contributed by atoms with Crippen molar-refractivity contribution >= 4 is 29.7 Å². The Morgan fingerprint density at radius 1 is 0.933 bits per heavy atom. The molecule has 0 fully saturated rings. The average Bonchev–Trinajstić information content (AvgIpc) is 3.02. The van der Waals surface area contributed by atoms with Crippen LogP contribution in [0, 0.1) is 5.92 Å². The molecule has 9 heteroatoms. The van der Waals surface area contributed by atoms with Crippen LogP contribution in [-0.2, 0) is 20.7 Å². The SMILES string of the molecule is CC(C)(C)OC(=O)NCC(=O)[N@+](CCO)(C(=O)[C@H](CC=Cc1ccccc1)C[C@H](O)[C@@H](N)Cc1ccccc1)c1ccccc1. The van der Waals surface area contributed by atoms with Gasteiger partial charge in [0.25, 0.3) is 0 Å². The molecule has 240 valence electrons. The largest absolute Gasteiger partial charge is 0.444 e. The molecular formula is C36H46N3O6+. The minimum Gasteiger partial charge on any atom is -0.444 e. The zero-order valence-corrected chi connectivity index (χ0v) is 26.3. The van der Waals surface area contributed by atoms with Gasteiger partial charge in [-0.05, 0) is 51.2 Å². The van der Waals surface area contributed by atoms with Crippen molar-refractivity contribution in [1.82, 2.24) is 9.80 Å². The molecule has 3 amide bonds. The first-order valence-electron chi connectivity index (χ1n) is 15.2. The first-order valence-corrected chi connectivity index (χ1v) is 15.2. The van der Waals surface area contributed by atoms with Crippen molar-refractivity contribution in [3.05, 3.63) is 108 Å². The summed E-state index contributed by atoms with van der Waals surface area (Å²) in [7, 11) is 0. The monoisotopic (exact) mass is 616 g/mol. The van der Waals surface area contributed by atoms with Gasteiger partial charge in [0.05, 0.1) is 18.6 Å². The van der Waals surface area contributed by atoms with Gasteiger partial charge < -0.3 is 26.0 Å². The van der Waals surface area contributed by atoms with Crippen molar-refractivity contribution in [2.45, 2.75) is 57.8 Å². The Hall–Kier alpha value is -4.15. The van der Waals surface area contributed by atoms with E-state index >= 15 is 0 Å². The number of carbonyl (C=O) groups excluding carboxylic acids is 3. The van der Waals surface area contributed by atoms with Gasteiger partial charge in [-0.2, -0.15) is 4.48 Å². The van der Waals surface area contributed by atoms with Crippen LogP contribution < -0.4 is 15.5 Å². The molecule has 0 bridgehead atoms. The molecule has 45 heavy (non-hydrogen) atoms. The molecule has 9 nitrogen and oxygen atoms in total. The Kier molecular flexibility index (Phi) is 13.2. The molecular weight excluding hydrogens is 570 g/mol. The maximum Gasteiger partial charge on any atom is 0.408 e. The van der Waals surface area contributed by atoms with Gasteiger partial charge in [0.1, 0.15) is 24.4 Å². The van der Waals surface area contributed by atoms with E-state index < -0.39 is 59.2 Å². The molecule has 0 heterocycles. The van der Waals surface area contributed by atoms with E-state index in [1.165, 1.54) is 0 Å². The number of allylic oxidation sites excluding steroid dienone is 1. The summed E-state index contributed by atoms with van der Waals surface area (Å²) in [6.45, 7) is 3.85. The molecule has 0 saturated heterocycles. The van der Waals surface area contributed by atoms with Gasteiger partial charge >= 0.3 is 17.9 Å². The zero-order valence-electron chi connectivity index (χ0n) is 26.3. The number of para-hydroxylation sites is 1. The lowest BCUT2D eigenvalue weighted by molar-refractivity contribution is -0.147. The lowest BCUT2D eigenvalue weighted by atomic mass is 9.89. The number of benzene rings is 3. The second-order valence-corrected chi connectivity index (χ2v) is 12.1. The van der Waals surface area contributed by atoms with Crippen LogP contribution in [0.1, 0.15) is 44.7 Å². The lowest BCUT2D eigenvalue weighted by Gasteiger charge is -2.36. The number of aliphatic hydroxyl groups is 2. The molecule has 4 atom stereocenters. The standard InChI is InChI=1S/C36H45N3O6/c1-36(2,3)45-35(44)38-26-33(42)39(22-23-40,30-20-11-6-12-21-30)34(43)29(19-13-18-27-14-7-4-8-15-27)25-32(41)31(37)24-28-16-9-5-10-17-28/h4-18,20-21,29,31-32,40-41H,19,22-26,37H2,1-3H3/p+1/t29-,31+,32+,39-/m1/s1. The summed E-state index contributed by atoms with van der Waals surface area (Å²) < 4.78 is 4.43. The number of alkyl carbamates (subject to hydrolysis) is 1. The molecule has 0 aliphatic rings. The minimum atomic E-state index is -1.06. The highest BCUT2D eigenvalue weighted by Gasteiger charge is 2.49. The predicted octanol–water partition coefficient (Wildman–Crippen LogP) is 4.60. The highest BCUT2D eigenvalue weighted by atomic mass is 16.6. The van der Waals surface area contributed by atoms with Gasteiger partial charge in [-0.1, -0.05) is 91.0 Å². The van der Waals surface area contributed by atoms with E-state index in [-0.39, 0.29) is 19.4 Å². The molecule has 0 spiro atoms. The van der Waals surface area contributed by atoms with E-state index in [2.05, 4.69) is 5.32 Å². The van der Waals surface area contributed by atoms with Crippen molar-refractivity contribution in [3.8, 4) is 0 Å². The molecule has 0 radical (unpaired) electrons. The van der Waals surface area contributed by atoms with E-state index in [4.69, 9.17) is 10.5 Å². The molecule has 5 N–H and O–H groups in total. The number of quaternary nitrogens is 1. The molecule has 0 aliphatic carbocycles. The maximum absolute atomic E-state index is 14.7. The summed E-state index contributed by atoms with van der Waals surface area (Å²) in [5.74, 6) is -2.03. The van der Waals surface area contributed by atoms with Gasteiger partial charge in [-0.3, -0.25) is 0 Å². The van der Waals surface area contributed by atoms with Crippen molar-refractivity contribution in [1.29, 1.82) is 0 Å². The summed E-state index contributed by atoms with van der Waals surface area (Å²) in [5, 5.41) is 24.0. The highest BCUT2D eigenvalue weighted by molar-refractivity contribution is 6.10. The highest BCUT2D eigenvalue weighted by Crippen LogP contribution is 2.30. The number of nitrogens with one attached hydrogen (secondary N) is 1. The minimum absolute atomic E-state index is 0.0169. The number of imide groups is 1. The average molecular weight is 617 g/mol. The molecule has 0 saturated carbocycles. The summed E-state index contributed by atoms with van der Waals surface area (Å²) in [6, 6.07) is 26.9. The summed E-state index contributed by atoms with van der Waals surface area (Å²) in [5.41, 5.74) is 7.87. The Morgan fingerprint density at radius 2 is 1.51 bits per heavy atom. The van der Waals surface area contributed by atoms with Crippen molar-refractivity contribution in [2.75, 3.05) is 19.7 Å². The Labute approximate surface area is 265 Å². The molecule has 0 aliphatic heterocycles. The number of nitrogens with zero attached hydrogens (tertiary/aromatic N) is 1. The number of hydrogen-bond acceptors (Lipinski definition) is 7. The van der Waals surface area contributed by atoms with Crippen LogP contribution in [-0.4, -0.2) is 65.6 Å². The Morgan fingerprint density at radius 3 is 2.09 bits per heavy atom.